The zero-order valence-electron chi connectivity index (χ0n) is 25.3. The van der Waals surface area contributed by atoms with Crippen molar-refractivity contribution in [3.8, 4) is 0 Å². The number of aryl methyl sites for hydroxylation is 2. The predicted molar refractivity (Wildman–Crippen MR) is 167 cm³/mol. The summed E-state index contributed by atoms with van der Waals surface area (Å²) in [6.45, 7) is 4.44. The first-order chi connectivity index (χ1) is 19.1. The van der Waals surface area contributed by atoms with E-state index in [0.29, 0.717) is 0 Å². The van der Waals surface area contributed by atoms with Crippen LogP contribution >= 0.6 is 0 Å². The van der Waals surface area contributed by atoms with E-state index in [1.165, 1.54) is 114 Å². The third-order valence-electron chi connectivity index (χ3n) is 7.01. The molecule has 0 saturated heterocycles. The van der Waals surface area contributed by atoms with Gasteiger partial charge in [0.25, 0.3) is 0 Å². The molecular weight excluding hydrogens is 682 g/mol. The van der Waals surface area contributed by atoms with E-state index in [2.05, 4.69) is 13.8 Å². The molecule has 0 aliphatic heterocycles. The standard InChI is InChI=1S/2C16H26O3S.Ba/c2*1-2-3-4-5-6-7-8-9-11-15-12-10-13-16(14-15)20(17,18)19;/h2*10,12-14H,2-9,11H2,1H3,(H,17,18,19);/q;;+2/p-2. The molecule has 0 fully saturated rings. The van der Waals surface area contributed by atoms with Gasteiger partial charge in [-0.25, -0.2) is 16.8 Å². The molecule has 228 valence electrons. The fraction of sp³-hybridized carbons (Fsp3) is 0.625. The van der Waals surface area contributed by atoms with Crippen molar-refractivity contribution < 1.29 is 25.9 Å². The minimum absolute atomic E-state index is 0. The summed E-state index contributed by atoms with van der Waals surface area (Å²) in [6, 6.07) is 12.8. The molecule has 41 heavy (non-hydrogen) atoms. The first-order valence-corrected chi connectivity index (χ1v) is 18.0. The topological polar surface area (TPSA) is 114 Å². The molecule has 6 nitrogen and oxygen atoms in total. The Morgan fingerprint density at radius 3 is 1.07 bits per heavy atom. The Labute approximate surface area is 291 Å². The Morgan fingerprint density at radius 1 is 0.488 bits per heavy atom. The SMILES string of the molecule is CCCCCCCCCCc1cccc(S(=O)(=O)[O-])c1.CCCCCCCCCCc1cccc(S(=O)(=O)[O-])c1.[Ba+2]. The number of unbranched alkanes of at least 4 members (excludes halogenated alkanes) is 14. The van der Waals surface area contributed by atoms with Gasteiger partial charge in [0.15, 0.2) is 0 Å². The van der Waals surface area contributed by atoms with Crippen LogP contribution in [0.15, 0.2) is 58.3 Å². The molecule has 0 spiro atoms. The van der Waals surface area contributed by atoms with Gasteiger partial charge in [-0.15, -0.1) is 0 Å². The Balaban J connectivity index is 0.000000762. The van der Waals surface area contributed by atoms with Crippen molar-refractivity contribution in [2.45, 2.75) is 139 Å². The molecule has 0 bridgehead atoms. The maximum absolute atomic E-state index is 10.9. The number of benzene rings is 2. The molecule has 2 rings (SSSR count). The van der Waals surface area contributed by atoms with Crippen LogP contribution in [0, 0.1) is 0 Å². The Kier molecular flexibility index (Phi) is 24.1. The van der Waals surface area contributed by atoms with Crippen LogP contribution in [0.1, 0.15) is 128 Å². The van der Waals surface area contributed by atoms with E-state index >= 15 is 0 Å². The molecule has 0 aliphatic carbocycles. The minimum atomic E-state index is -4.32. The number of rotatable bonds is 20. The summed E-state index contributed by atoms with van der Waals surface area (Å²) >= 11 is 0. The quantitative estimate of drug-likeness (QED) is 0.0771. The van der Waals surface area contributed by atoms with Gasteiger partial charge in [0.1, 0.15) is 20.2 Å². The van der Waals surface area contributed by atoms with Crippen molar-refractivity contribution in [2.24, 2.45) is 0 Å². The van der Waals surface area contributed by atoms with E-state index in [1.807, 2.05) is 12.1 Å². The van der Waals surface area contributed by atoms with Gasteiger partial charge < -0.3 is 9.11 Å². The van der Waals surface area contributed by atoms with Crippen LogP contribution in [-0.4, -0.2) is 74.8 Å². The summed E-state index contributed by atoms with van der Waals surface area (Å²) in [5.41, 5.74) is 1.88. The van der Waals surface area contributed by atoms with Crippen LogP contribution in [0.5, 0.6) is 0 Å². The van der Waals surface area contributed by atoms with Gasteiger partial charge >= 0.3 is 48.9 Å². The van der Waals surface area contributed by atoms with E-state index in [1.54, 1.807) is 12.1 Å². The van der Waals surface area contributed by atoms with Gasteiger partial charge in [-0.05, 0) is 61.1 Å². The molecule has 0 N–H and O–H groups in total. The van der Waals surface area contributed by atoms with Crippen LogP contribution in [0.2, 0.25) is 0 Å². The molecule has 2 aromatic rings. The van der Waals surface area contributed by atoms with Crippen LogP contribution in [0.25, 0.3) is 0 Å². The fourth-order valence-corrected chi connectivity index (χ4v) is 5.72. The first-order valence-electron chi connectivity index (χ1n) is 15.2. The molecule has 0 heterocycles. The second-order valence-electron chi connectivity index (χ2n) is 10.7. The maximum Gasteiger partial charge on any atom is 2.00 e. The average Bonchev–Trinajstić information content (AvgIpc) is 2.91. The summed E-state index contributed by atoms with van der Waals surface area (Å²) in [7, 11) is -8.65. The van der Waals surface area contributed by atoms with Crippen molar-refractivity contribution in [2.75, 3.05) is 0 Å². The smallest absolute Gasteiger partial charge is 0.744 e. The summed E-state index contributed by atoms with van der Waals surface area (Å²) in [5, 5.41) is 0. The van der Waals surface area contributed by atoms with Crippen molar-refractivity contribution in [3.63, 3.8) is 0 Å². The van der Waals surface area contributed by atoms with Gasteiger partial charge in [0.2, 0.25) is 0 Å². The molecule has 0 saturated carbocycles. The number of hydrogen-bond donors (Lipinski definition) is 0. The van der Waals surface area contributed by atoms with Crippen LogP contribution in [0.4, 0.5) is 0 Å². The fourth-order valence-electron chi connectivity index (χ4n) is 4.64. The normalized spacial score (nSPS) is 11.4. The van der Waals surface area contributed by atoms with Gasteiger partial charge in [-0.1, -0.05) is 128 Å². The summed E-state index contributed by atoms with van der Waals surface area (Å²) in [5.74, 6) is 0. The van der Waals surface area contributed by atoms with Gasteiger partial charge in [0.05, 0.1) is 9.79 Å². The van der Waals surface area contributed by atoms with Crippen molar-refractivity contribution in [1.82, 2.24) is 0 Å². The molecule has 0 unspecified atom stereocenters. The van der Waals surface area contributed by atoms with E-state index in [4.69, 9.17) is 0 Å². The maximum atomic E-state index is 10.9. The van der Waals surface area contributed by atoms with Crippen LogP contribution in [-0.2, 0) is 33.1 Å². The van der Waals surface area contributed by atoms with E-state index in [-0.39, 0.29) is 58.7 Å². The van der Waals surface area contributed by atoms with Crippen LogP contribution in [0.3, 0.4) is 0 Å². The Bertz CT molecular complexity index is 1060. The summed E-state index contributed by atoms with van der Waals surface area (Å²) in [4.78, 5) is -0.232. The van der Waals surface area contributed by atoms with Crippen LogP contribution < -0.4 is 0 Å². The Morgan fingerprint density at radius 2 is 0.780 bits per heavy atom. The molecule has 0 amide bonds. The second-order valence-corrected chi connectivity index (χ2v) is 13.4. The molecule has 0 atom stereocenters. The van der Waals surface area contributed by atoms with Crippen molar-refractivity contribution in [3.05, 3.63) is 59.7 Å². The van der Waals surface area contributed by atoms with E-state index in [0.717, 1.165) is 36.8 Å². The zero-order chi connectivity index (χ0) is 29.7. The molecule has 9 heteroatoms. The number of hydrogen-bond acceptors (Lipinski definition) is 6. The van der Waals surface area contributed by atoms with Gasteiger partial charge in [-0.3, -0.25) is 0 Å². The average molecular weight is 732 g/mol. The molecular formula is C32H50BaO6S2. The molecule has 0 aromatic heterocycles. The largest absolute Gasteiger partial charge is 2.00 e. The monoisotopic (exact) mass is 732 g/mol. The van der Waals surface area contributed by atoms with Gasteiger partial charge in [0, 0.05) is 0 Å². The summed E-state index contributed by atoms with van der Waals surface area (Å²) in [6.07, 6.45) is 21.7. The molecule has 2 aromatic carbocycles. The Hall–Kier alpha value is -0.169. The minimum Gasteiger partial charge on any atom is -0.744 e. The van der Waals surface area contributed by atoms with Gasteiger partial charge in [-0.2, -0.15) is 0 Å². The predicted octanol–water partition coefficient (Wildman–Crippen LogP) is 8.17. The third kappa shape index (κ3) is 21.2. The van der Waals surface area contributed by atoms with E-state index in [9.17, 15) is 25.9 Å². The second kappa shape index (κ2) is 24.2. The zero-order valence-corrected chi connectivity index (χ0v) is 31.4. The van der Waals surface area contributed by atoms with E-state index < -0.39 is 20.2 Å². The summed E-state index contributed by atoms with van der Waals surface area (Å²) < 4.78 is 65.6. The molecule has 0 aliphatic rings. The van der Waals surface area contributed by atoms with Crippen molar-refractivity contribution in [1.29, 1.82) is 0 Å². The first kappa shape index (κ1) is 40.8. The van der Waals surface area contributed by atoms with Crippen molar-refractivity contribution >= 4 is 69.1 Å². The molecule has 0 radical (unpaired) electrons. The third-order valence-corrected chi connectivity index (χ3v) is 8.67.